The summed E-state index contributed by atoms with van der Waals surface area (Å²) in [5.74, 6) is -1.15. The molecule has 1 fully saturated rings. The Hall–Kier alpha value is -1.79. The summed E-state index contributed by atoms with van der Waals surface area (Å²) in [6.45, 7) is 7.63. The Morgan fingerprint density at radius 1 is 1.38 bits per heavy atom. The van der Waals surface area contributed by atoms with Gasteiger partial charge in [-0.15, -0.1) is 0 Å². The van der Waals surface area contributed by atoms with Gasteiger partial charge in [-0.2, -0.15) is 0 Å². The van der Waals surface area contributed by atoms with Crippen LogP contribution in [-0.4, -0.2) is 65.0 Å². The number of amides is 3. The van der Waals surface area contributed by atoms with E-state index in [1.54, 1.807) is 18.9 Å². The van der Waals surface area contributed by atoms with Crippen LogP contribution in [0.15, 0.2) is 0 Å². The average molecular weight is 299 g/mol. The molecule has 1 aliphatic heterocycles. The van der Waals surface area contributed by atoms with E-state index in [1.165, 1.54) is 18.7 Å². The Morgan fingerprint density at radius 2 is 1.95 bits per heavy atom. The molecule has 21 heavy (non-hydrogen) atoms. The maximum Gasteiger partial charge on any atom is 0.329 e. The maximum absolute atomic E-state index is 12.6. The average Bonchev–Trinajstić information content (AvgIpc) is 2.82. The molecule has 0 aliphatic carbocycles. The predicted octanol–water partition coefficient (Wildman–Crippen LogP) is 0.750. The number of carboxylic acid groups (broad SMARTS) is 1. The van der Waals surface area contributed by atoms with Crippen LogP contribution in [0.2, 0.25) is 0 Å². The maximum atomic E-state index is 12.6. The highest BCUT2D eigenvalue weighted by molar-refractivity contribution is 5.87. The number of urea groups is 1. The van der Waals surface area contributed by atoms with Gasteiger partial charge < -0.3 is 20.2 Å². The van der Waals surface area contributed by atoms with Crippen molar-refractivity contribution < 1.29 is 19.5 Å². The molecular formula is C14H25N3O4. The fourth-order valence-electron chi connectivity index (χ4n) is 2.67. The summed E-state index contributed by atoms with van der Waals surface area (Å²) in [6.07, 6.45) is 0.573. The molecule has 0 aromatic heterocycles. The first-order chi connectivity index (χ1) is 9.60. The van der Waals surface area contributed by atoms with Gasteiger partial charge in [0, 0.05) is 26.7 Å². The van der Waals surface area contributed by atoms with Crippen molar-refractivity contribution in [3.8, 4) is 0 Å². The lowest BCUT2D eigenvalue weighted by Crippen LogP contribution is -2.57. The summed E-state index contributed by atoms with van der Waals surface area (Å²) in [4.78, 5) is 38.7. The highest BCUT2D eigenvalue weighted by Crippen LogP contribution is 2.31. The van der Waals surface area contributed by atoms with E-state index in [2.05, 4.69) is 5.32 Å². The van der Waals surface area contributed by atoms with E-state index in [1.807, 2.05) is 6.92 Å². The number of nitrogens with zero attached hydrogens (tertiary/aromatic N) is 2. The van der Waals surface area contributed by atoms with E-state index in [4.69, 9.17) is 0 Å². The molecule has 7 nitrogen and oxygen atoms in total. The Labute approximate surface area is 125 Å². The van der Waals surface area contributed by atoms with Gasteiger partial charge in [0.2, 0.25) is 5.91 Å². The van der Waals surface area contributed by atoms with Crippen LogP contribution < -0.4 is 5.32 Å². The number of likely N-dealkylation sites (tertiary alicyclic amines) is 1. The molecule has 0 saturated carbocycles. The molecule has 1 aliphatic rings. The van der Waals surface area contributed by atoms with Crippen molar-refractivity contribution in [3.63, 3.8) is 0 Å². The number of likely N-dealkylation sites (N-methyl/N-ethyl adjacent to an activating group) is 1. The summed E-state index contributed by atoms with van der Waals surface area (Å²) < 4.78 is 0. The standard InChI is InChI=1S/C14H25N3O4/c1-6-17(13(2,3)11(19)20)12(21)16-8-7-14(4,9-16)10(18)15-5/h6-9H2,1-5H3,(H,15,18)(H,19,20). The number of hydrogen-bond donors (Lipinski definition) is 2. The number of carboxylic acids is 1. The zero-order valence-corrected chi connectivity index (χ0v) is 13.4. The molecule has 1 saturated heterocycles. The zero-order valence-electron chi connectivity index (χ0n) is 13.4. The van der Waals surface area contributed by atoms with Crippen LogP contribution in [0.5, 0.6) is 0 Å². The second kappa shape index (κ2) is 5.91. The van der Waals surface area contributed by atoms with E-state index < -0.39 is 16.9 Å². The van der Waals surface area contributed by atoms with E-state index in [9.17, 15) is 19.5 Å². The van der Waals surface area contributed by atoms with E-state index in [0.717, 1.165) is 0 Å². The van der Waals surface area contributed by atoms with Gasteiger partial charge in [-0.3, -0.25) is 4.79 Å². The highest BCUT2D eigenvalue weighted by Gasteiger charge is 2.45. The Kier molecular flexibility index (Phi) is 4.86. The lowest BCUT2D eigenvalue weighted by molar-refractivity contribution is -0.147. The number of nitrogens with one attached hydrogen (secondary N) is 1. The van der Waals surface area contributed by atoms with Crippen molar-refractivity contribution in [1.29, 1.82) is 0 Å². The van der Waals surface area contributed by atoms with Gasteiger partial charge in [0.25, 0.3) is 0 Å². The number of carbonyl (C=O) groups excluding carboxylic acids is 2. The Morgan fingerprint density at radius 3 is 2.38 bits per heavy atom. The first-order valence-corrected chi connectivity index (χ1v) is 7.12. The molecule has 2 N–H and O–H groups in total. The largest absolute Gasteiger partial charge is 0.480 e. The summed E-state index contributed by atoms with van der Waals surface area (Å²) >= 11 is 0. The quantitative estimate of drug-likeness (QED) is 0.801. The second-order valence-electron chi connectivity index (χ2n) is 6.20. The normalized spacial score (nSPS) is 22.0. The molecule has 0 bridgehead atoms. The van der Waals surface area contributed by atoms with Gasteiger partial charge in [-0.05, 0) is 34.1 Å². The Balaban J connectivity index is 2.90. The van der Waals surface area contributed by atoms with Crippen molar-refractivity contribution in [2.45, 2.75) is 39.7 Å². The highest BCUT2D eigenvalue weighted by atomic mass is 16.4. The van der Waals surface area contributed by atoms with Crippen LogP contribution in [0, 0.1) is 5.41 Å². The lowest BCUT2D eigenvalue weighted by Gasteiger charge is -2.37. The SMILES string of the molecule is CCN(C(=O)N1CCC(C)(C(=O)NC)C1)C(C)(C)C(=O)O. The zero-order chi connectivity index (χ0) is 16.4. The van der Waals surface area contributed by atoms with Crippen LogP contribution in [-0.2, 0) is 9.59 Å². The third-order valence-corrected chi connectivity index (χ3v) is 4.26. The molecule has 0 spiro atoms. The molecule has 0 radical (unpaired) electrons. The number of carbonyl (C=O) groups is 3. The van der Waals surface area contributed by atoms with Crippen molar-refractivity contribution in [2.24, 2.45) is 5.41 Å². The summed E-state index contributed by atoms with van der Waals surface area (Å²) in [5.41, 5.74) is -1.89. The molecule has 1 heterocycles. The van der Waals surface area contributed by atoms with Crippen LogP contribution >= 0.6 is 0 Å². The summed E-state index contributed by atoms with van der Waals surface area (Å²) in [6, 6.07) is -0.336. The van der Waals surface area contributed by atoms with Gasteiger partial charge in [-0.25, -0.2) is 9.59 Å². The van der Waals surface area contributed by atoms with Gasteiger partial charge in [0.1, 0.15) is 5.54 Å². The van der Waals surface area contributed by atoms with Gasteiger partial charge in [0.15, 0.2) is 0 Å². The minimum absolute atomic E-state index is 0.0988. The summed E-state index contributed by atoms with van der Waals surface area (Å²) in [7, 11) is 1.57. The van der Waals surface area contributed by atoms with Gasteiger partial charge in [0.05, 0.1) is 5.41 Å². The van der Waals surface area contributed by atoms with Crippen molar-refractivity contribution in [1.82, 2.24) is 15.1 Å². The fraction of sp³-hybridized carbons (Fsp3) is 0.786. The van der Waals surface area contributed by atoms with Crippen LogP contribution in [0.4, 0.5) is 4.79 Å². The molecule has 0 aromatic carbocycles. The molecule has 7 heteroatoms. The molecule has 0 aromatic rings. The van der Waals surface area contributed by atoms with Crippen molar-refractivity contribution in [3.05, 3.63) is 0 Å². The van der Waals surface area contributed by atoms with E-state index >= 15 is 0 Å². The lowest BCUT2D eigenvalue weighted by atomic mass is 9.89. The van der Waals surface area contributed by atoms with Crippen molar-refractivity contribution >= 4 is 17.9 Å². The molecule has 3 amide bonds. The molecule has 120 valence electrons. The van der Waals surface area contributed by atoms with Crippen LogP contribution in [0.25, 0.3) is 0 Å². The van der Waals surface area contributed by atoms with Crippen molar-refractivity contribution in [2.75, 3.05) is 26.7 Å². The Bertz CT molecular complexity index is 450. The third kappa shape index (κ3) is 3.11. The molecular weight excluding hydrogens is 274 g/mol. The molecule has 1 atom stereocenters. The van der Waals surface area contributed by atoms with Gasteiger partial charge >= 0.3 is 12.0 Å². The monoisotopic (exact) mass is 299 g/mol. The van der Waals surface area contributed by atoms with Gasteiger partial charge in [-0.1, -0.05) is 0 Å². The van der Waals surface area contributed by atoms with Crippen LogP contribution in [0.3, 0.4) is 0 Å². The number of hydrogen-bond acceptors (Lipinski definition) is 3. The first kappa shape index (κ1) is 17.3. The predicted molar refractivity (Wildman–Crippen MR) is 77.9 cm³/mol. The van der Waals surface area contributed by atoms with Crippen LogP contribution in [0.1, 0.15) is 34.1 Å². The summed E-state index contributed by atoms with van der Waals surface area (Å²) in [5, 5.41) is 11.9. The molecule has 1 rings (SSSR count). The van der Waals surface area contributed by atoms with E-state index in [0.29, 0.717) is 26.1 Å². The fourth-order valence-corrected chi connectivity index (χ4v) is 2.67. The topological polar surface area (TPSA) is 90.0 Å². The van der Waals surface area contributed by atoms with E-state index in [-0.39, 0.29) is 11.9 Å². The molecule has 1 unspecified atom stereocenters. The second-order valence-corrected chi connectivity index (χ2v) is 6.20. The number of aliphatic carboxylic acids is 1. The third-order valence-electron chi connectivity index (χ3n) is 4.26. The smallest absolute Gasteiger partial charge is 0.329 e. The minimum atomic E-state index is -1.28. The first-order valence-electron chi connectivity index (χ1n) is 7.12. The minimum Gasteiger partial charge on any atom is -0.480 e. The number of rotatable bonds is 4.